The lowest BCUT2D eigenvalue weighted by molar-refractivity contribution is 1.11. The molecule has 0 bridgehead atoms. The van der Waals surface area contributed by atoms with Crippen molar-refractivity contribution in [3.8, 4) is 0 Å². The molecule has 0 amide bonds. The molecule has 0 saturated carbocycles. The van der Waals surface area contributed by atoms with E-state index in [1.807, 2.05) is 0 Å². The van der Waals surface area contributed by atoms with Crippen molar-refractivity contribution in [1.82, 2.24) is 0 Å². The van der Waals surface area contributed by atoms with Gasteiger partial charge in [0.1, 0.15) is 0 Å². The van der Waals surface area contributed by atoms with Crippen molar-refractivity contribution in [2.24, 2.45) is 0 Å². The standard InChI is InChI=1S/C8H12Si.2FH/c1-2-9-8-6-4-3-5-7-8;;/h3-7H,2,9H2,1H3;2*1H. The molecule has 0 saturated heterocycles. The molecule has 0 aliphatic rings. The molecule has 1 rings (SSSR count). The molecule has 0 spiro atoms. The van der Waals surface area contributed by atoms with Crippen LogP contribution in [0, 0.1) is 0 Å². The van der Waals surface area contributed by atoms with Gasteiger partial charge in [0.05, 0.1) is 9.52 Å². The lowest BCUT2D eigenvalue weighted by Crippen LogP contribution is -2.10. The van der Waals surface area contributed by atoms with Crippen molar-refractivity contribution in [3.05, 3.63) is 30.3 Å². The lowest BCUT2D eigenvalue weighted by Gasteiger charge is -1.92. The number of rotatable bonds is 2. The summed E-state index contributed by atoms with van der Waals surface area (Å²) in [5.74, 6) is 0. The number of benzene rings is 1. The largest absolute Gasteiger partial charge is 0.269 e. The van der Waals surface area contributed by atoms with Gasteiger partial charge in [0, 0.05) is 0 Å². The summed E-state index contributed by atoms with van der Waals surface area (Å²) in [5.41, 5.74) is 0. The van der Waals surface area contributed by atoms with Crippen LogP contribution in [0.2, 0.25) is 6.04 Å². The zero-order valence-electron chi connectivity index (χ0n) is 6.62. The molecule has 0 N–H and O–H groups in total. The van der Waals surface area contributed by atoms with Gasteiger partial charge in [-0.1, -0.05) is 48.5 Å². The topological polar surface area (TPSA) is 0 Å². The minimum Gasteiger partial charge on any atom is -0.269 e. The van der Waals surface area contributed by atoms with E-state index in [1.54, 1.807) is 5.19 Å². The highest BCUT2D eigenvalue weighted by molar-refractivity contribution is 6.53. The molecule has 0 aliphatic carbocycles. The van der Waals surface area contributed by atoms with Gasteiger partial charge in [-0.15, -0.1) is 0 Å². The Hall–Kier alpha value is -0.703. The van der Waals surface area contributed by atoms with Crippen molar-refractivity contribution in [1.29, 1.82) is 0 Å². The van der Waals surface area contributed by atoms with Gasteiger partial charge >= 0.3 is 0 Å². The van der Waals surface area contributed by atoms with Gasteiger partial charge in [-0.25, -0.2) is 0 Å². The van der Waals surface area contributed by atoms with Gasteiger partial charge in [0.15, 0.2) is 0 Å². The van der Waals surface area contributed by atoms with E-state index in [0.717, 1.165) is 0 Å². The average Bonchev–Trinajstić information content (AvgIpc) is 1.91. The predicted molar refractivity (Wildman–Crippen MR) is 50.1 cm³/mol. The third-order valence-corrected chi connectivity index (χ3v) is 2.93. The van der Waals surface area contributed by atoms with Crippen LogP contribution < -0.4 is 5.19 Å². The number of halogens is 2. The fourth-order valence-electron chi connectivity index (χ4n) is 0.933. The maximum Gasteiger partial charge on any atom is 0.0544 e. The third-order valence-electron chi connectivity index (χ3n) is 1.38. The van der Waals surface area contributed by atoms with E-state index < -0.39 is 0 Å². The Morgan fingerprint density at radius 3 is 2.09 bits per heavy atom. The first-order chi connectivity index (χ1) is 4.43. The minimum atomic E-state index is 0. The van der Waals surface area contributed by atoms with Crippen LogP contribution in [0.15, 0.2) is 30.3 Å². The molecule has 0 aromatic heterocycles. The third kappa shape index (κ3) is 4.67. The Morgan fingerprint density at radius 1 is 1.09 bits per heavy atom. The zero-order chi connectivity index (χ0) is 6.53. The second-order valence-electron chi connectivity index (χ2n) is 2.24. The second-order valence-corrected chi connectivity index (χ2v) is 4.55. The zero-order valence-corrected chi connectivity index (χ0v) is 8.03. The quantitative estimate of drug-likeness (QED) is 0.594. The molecule has 3 heteroatoms. The molecule has 0 aliphatic heterocycles. The van der Waals surface area contributed by atoms with Gasteiger partial charge in [0.25, 0.3) is 0 Å². The molecule has 11 heavy (non-hydrogen) atoms. The molecule has 0 fully saturated rings. The summed E-state index contributed by atoms with van der Waals surface area (Å²) in [6.45, 7) is 2.26. The fourth-order valence-corrected chi connectivity index (χ4v) is 2.12. The van der Waals surface area contributed by atoms with E-state index in [4.69, 9.17) is 0 Å². The van der Waals surface area contributed by atoms with Gasteiger partial charge < -0.3 is 0 Å². The monoisotopic (exact) mass is 176 g/mol. The van der Waals surface area contributed by atoms with E-state index in [9.17, 15) is 0 Å². The molecule has 0 unspecified atom stereocenters. The predicted octanol–water partition coefficient (Wildman–Crippen LogP) is 1.22. The Morgan fingerprint density at radius 2 is 1.64 bits per heavy atom. The van der Waals surface area contributed by atoms with Crippen LogP contribution in [0.1, 0.15) is 6.92 Å². The van der Waals surface area contributed by atoms with E-state index in [1.165, 1.54) is 6.04 Å². The van der Waals surface area contributed by atoms with Crippen molar-refractivity contribution in [3.63, 3.8) is 0 Å². The normalized spacial score (nSPS) is 8.82. The van der Waals surface area contributed by atoms with Gasteiger partial charge in [0.2, 0.25) is 0 Å². The smallest absolute Gasteiger partial charge is 0.0544 e. The van der Waals surface area contributed by atoms with E-state index in [0.29, 0.717) is 0 Å². The molecule has 0 nitrogen and oxygen atoms in total. The highest BCUT2D eigenvalue weighted by Gasteiger charge is 1.85. The number of hydrogen-bond donors (Lipinski definition) is 0. The van der Waals surface area contributed by atoms with Crippen LogP contribution in [-0.2, 0) is 0 Å². The Kier molecular flexibility index (Phi) is 8.70. The van der Waals surface area contributed by atoms with Crippen LogP contribution in [-0.4, -0.2) is 9.52 Å². The summed E-state index contributed by atoms with van der Waals surface area (Å²) in [4.78, 5) is 0. The highest BCUT2D eigenvalue weighted by atomic mass is 28.2. The Labute approximate surface area is 68.2 Å². The summed E-state index contributed by atoms with van der Waals surface area (Å²) < 4.78 is 0. The van der Waals surface area contributed by atoms with Crippen LogP contribution >= 0.6 is 0 Å². The van der Waals surface area contributed by atoms with Crippen molar-refractivity contribution >= 4 is 14.7 Å². The SMILES string of the molecule is CC[SiH2]c1ccccc1.F.F. The molecule has 1 aromatic rings. The summed E-state index contributed by atoms with van der Waals surface area (Å²) in [5, 5.41) is 1.58. The first-order valence-electron chi connectivity index (χ1n) is 3.47. The number of hydrogen-bond acceptors (Lipinski definition) is 0. The average molecular weight is 176 g/mol. The first-order valence-corrected chi connectivity index (χ1v) is 5.18. The minimum absolute atomic E-state index is 0. The second kappa shape index (κ2) is 7.40. The molecule has 64 valence electrons. The first kappa shape index (κ1) is 12.9. The van der Waals surface area contributed by atoms with Gasteiger partial charge in [-0.2, -0.15) is 0 Å². The lowest BCUT2D eigenvalue weighted by atomic mass is 10.4. The molecule has 1 aromatic carbocycles. The van der Waals surface area contributed by atoms with Crippen molar-refractivity contribution in [2.75, 3.05) is 0 Å². The van der Waals surface area contributed by atoms with Crippen LogP contribution in [0.25, 0.3) is 0 Å². The highest BCUT2D eigenvalue weighted by Crippen LogP contribution is 1.82. The maximum atomic E-state index is 2.26. The summed E-state index contributed by atoms with van der Waals surface area (Å²) >= 11 is 0. The molecular weight excluding hydrogens is 162 g/mol. The molecule has 0 radical (unpaired) electrons. The summed E-state index contributed by atoms with van der Waals surface area (Å²) in [7, 11) is 0.0990. The molecule has 0 atom stereocenters. The van der Waals surface area contributed by atoms with E-state index in [2.05, 4.69) is 37.3 Å². The maximum absolute atomic E-state index is 2.26. The molecule has 0 heterocycles. The Balaban J connectivity index is 0. The fraction of sp³-hybridized carbons (Fsp3) is 0.250. The summed E-state index contributed by atoms with van der Waals surface area (Å²) in [6, 6.07) is 12.2. The molecular formula is C8H14F2Si. The van der Waals surface area contributed by atoms with Crippen molar-refractivity contribution < 1.29 is 9.41 Å². The van der Waals surface area contributed by atoms with Crippen LogP contribution in [0.5, 0.6) is 0 Å². The Bertz CT molecular complexity index is 165. The van der Waals surface area contributed by atoms with Crippen LogP contribution in [0.3, 0.4) is 0 Å². The summed E-state index contributed by atoms with van der Waals surface area (Å²) in [6.07, 6.45) is 0. The van der Waals surface area contributed by atoms with Crippen LogP contribution in [0.4, 0.5) is 9.41 Å². The van der Waals surface area contributed by atoms with Gasteiger partial charge in [-0.05, 0) is 0 Å². The van der Waals surface area contributed by atoms with Gasteiger partial charge in [-0.3, -0.25) is 9.41 Å². The van der Waals surface area contributed by atoms with E-state index in [-0.39, 0.29) is 18.9 Å². The van der Waals surface area contributed by atoms with Crippen molar-refractivity contribution in [2.45, 2.75) is 13.0 Å². The van der Waals surface area contributed by atoms with E-state index >= 15 is 0 Å².